The average Bonchev–Trinajstić information content (AvgIpc) is 2.94. The van der Waals surface area contributed by atoms with Crippen molar-refractivity contribution < 1.29 is 22.8 Å². The summed E-state index contributed by atoms with van der Waals surface area (Å²) in [6.07, 6.45) is 0.777. The average molecular weight is 340 g/mol. The van der Waals surface area contributed by atoms with Crippen LogP contribution in [0, 0.1) is 11.7 Å². The van der Waals surface area contributed by atoms with Crippen LogP contribution in [-0.2, 0) is 4.79 Å². The van der Waals surface area contributed by atoms with Crippen molar-refractivity contribution in [2.24, 2.45) is 5.92 Å². The molecule has 0 aromatic heterocycles. The fourth-order valence-electron chi connectivity index (χ4n) is 3.35. The van der Waals surface area contributed by atoms with Gasteiger partial charge in [0.15, 0.2) is 5.78 Å². The van der Waals surface area contributed by atoms with Crippen molar-refractivity contribution in [3.63, 3.8) is 0 Å². The van der Waals surface area contributed by atoms with Crippen LogP contribution >= 0.6 is 0 Å². The number of carbonyl (C=O) groups is 2. The fourth-order valence-corrected chi connectivity index (χ4v) is 3.35. The molecule has 1 N–H and O–H groups in total. The Hall–Kier alpha value is -1.89. The molecule has 2 unspecified atom stereocenters. The number of ketones is 1. The molecule has 2 aliphatic rings. The molecular weight excluding hydrogens is 321 g/mol. The zero-order chi connectivity index (χ0) is 17.3. The number of likely N-dealkylation sites (tertiary alicyclic amines) is 1. The van der Waals surface area contributed by atoms with Crippen LogP contribution in [0.3, 0.4) is 0 Å². The first kappa shape index (κ1) is 17.0. The van der Waals surface area contributed by atoms with Crippen LogP contribution in [0.2, 0.25) is 0 Å². The van der Waals surface area contributed by atoms with Crippen LogP contribution < -0.4 is 5.32 Å². The molecule has 0 saturated carbocycles. The lowest BCUT2D eigenvalue weighted by Crippen LogP contribution is -2.49. The number of alkyl halides is 2. The topological polar surface area (TPSA) is 49.4 Å². The lowest BCUT2D eigenvalue weighted by atomic mass is 9.89. The number of halogens is 3. The van der Waals surface area contributed by atoms with Gasteiger partial charge in [-0.15, -0.1) is 0 Å². The number of carbonyl (C=O) groups excluding carboxylic acids is 2. The minimum Gasteiger partial charge on any atom is -0.341 e. The Balaban J connectivity index is 1.65. The molecule has 2 heterocycles. The van der Waals surface area contributed by atoms with Gasteiger partial charge in [-0.1, -0.05) is 0 Å². The Labute approximate surface area is 138 Å². The van der Waals surface area contributed by atoms with E-state index in [4.69, 9.17) is 0 Å². The number of benzene rings is 1. The Morgan fingerprint density at radius 1 is 1.21 bits per heavy atom. The van der Waals surface area contributed by atoms with Crippen LogP contribution in [-0.4, -0.2) is 48.2 Å². The van der Waals surface area contributed by atoms with Gasteiger partial charge in [-0.2, -0.15) is 0 Å². The monoisotopic (exact) mass is 340 g/mol. The number of Topliss-reactive ketones (excluding diaryl/α,β-unsaturated/α-hetero) is 1. The molecule has 2 fully saturated rings. The summed E-state index contributed by atoms with van der Waals surface area (Å²) in [5.41, 5.74) is 0.404. The van der Waals surface area contributed by atoms with E-state index in [0.29, 0.717) is 24.9 Å². The van der Waals surface area contributed by atoms with Gasteiger partial charge in [-0.3, -0.25) is 14.9 Å². The quantitative estimate of drug-likeness (QED) is 0.859. The van der Waals surface area contributed by atoms with E-state index in [1.165, 1.54) is 29.2 Å². The van der Waals surface area contributed by atoms with Crippen molar-refractivity contribution in [3.8, 4) is 0 Å². The first-order chi connectivity index (χ1) is 11.4. The van der Waals surface area contributed by atoms with E-state index in [1.54, 1.807) is 0 Å². The van der Waals surface area contributed by atoms with Crippen LogP contribution in [0.1, 0.15) is 29.6 Å². The second kappa shape index (κ2) is 6.55. The molecule has 0 radical (unpaired) electrons. The number of hydrogen-bond donors (Lipinski definition) is 1. The molecule has 3 rings (SSSR count). The molecule has 2 aliphatic heterocycles. The van der Waals surface area contributed by atoms with Gasteiger partial charge in [0.25, 0.3) is 5.92 Å². The van der Waals surface area contributed by atoms with Crippen molar-refractivity contribution in [1.29, 1.82) is 0 Å². The summed E-state index contributed by atoms with van der Waals surface area (Å²) >= 11 is 0. The van der Waals surface area contributed by atoms with E-state index in [2.05, 4.69) is 5.32 Å². The van der Waals surface area contributed by atoms with Crippen LogP contribution in [0.15, 0.2) is 24.3 Å². The molecule has 0 bridgehead atoms. The summed E-state index contributed by atoms with van der Waals surface area (Å²) in [5, 5.41) is 2.56. The third kappa shape index (κ3) is 3.61. The van der Waals surface area contributed by atoms with Gasteiger partial charge >= 0.3 is 0 Å². The van der Waals surface area contributed by atoms with E-state index < -0.39 is 30.7 Å². The van der Waals surface area contributed by atoms with Crippen molar-refractivity contribution >= 4 is 11.7 Å². The first-order valence-electron chi connectivity index (χ1n) is 8.05. The van der Waals surface area contributed by atoms with Gasteiger partial charge in [0.05, 0.1) is 12.6 Å². The molecule has 7 heteroatoms. The number of hydrogen-bond acceptors (Lipinski definition) is 3. The van der Waals surface area contributed by atoms with Crippen molar-refractivity contribution in [1.82, 2.24) is 10.2 Å². The van der Waals surface area contributed by atoms with Crippen molar-refractivity contribution in [2.75, 3.05) is 19.6 Å². The number of amides is 1. The maximum atomic E-state index is 13.3. The van der Waals surface area contributed by atoms with Crippen LogP contribution in [0.5, 0.6) is 0 Å². The summed E-state index contributed by atoms with van der Waals surface area (Å²) in [6.45, 7) is 0.198. The van der Waals surface area contributed by atoms with Gasteiger partial charge in [-0.25, -0.2) is 13.2 Å². The Kier molecular flexibility index (Phi) is 4.62. The Morgan fingerprint density at radius 2 is 1.92 bits per heavy atom. The Bertz CT molecular complexity index is 633. The highest BCUT2D eigenvalue weighted by Gasteiger charge is 2.44. The first-order valence-corrected chi connectivity index (χ1v) is 8.05. The Morgan fingerprint density at radius 3 is 2.54 bits per heavy atom. The molecule has 130 valence electrons. The van der Waals surface area contributed by atoms with Crippen molar-refractivity contribution in [2.45, 2.75) is 31.2 Å². The zero-order valence-corrected chi connectivity index (χ0v) is 13.1. The normalized spacial score (nSPS) is 26.4. The SMILES string of the molecule is O=C(c1ccc(F)cc1)C1CCCN(C(=O)C2CC(F)(F)CN2)C1. The highest BCUT2D eigenvalue weighted by Crippen LogP contribution is 2.28. The molecule has 0 spiro atoms. The molecule has 1 aromatic carbocycles. The van der Waals surface area contributed by atoms with E-state index in [1.807, 2.05) is 0 Å². The summed E-state index contributed by atoms with van der Waals surface area (Å²) in [7, 11) is 0. The summed E-state index contributed by atoms with van der Waals surface area (Å²) in [4.78, 5) is 26.4. The van der Waals surface area contributed by atoms with Gasteiger partial charge in [0.2, 0.25) is 5.91 Å². The predicted molar refractivity (Wildman–Crippen MR) is 81.4 cm³/mol. The minimum absolute atomic E-state index is 0.141. The van der Waals surface area contributed by atoms with Crippen LogP contribution in [0.25, 0.3) is 0 Å². The van der Waals surface area contributed by atoms with Gasteiger partial charge in [0, 0.05) is 31.0 Å². The number of nitrogens with one attached hydrogen (secondary N) is 1. The molecule has 24 heavy (non-hydrogen) atoms. The maximum absolute atomic E-state index is 13.3. The summed E-state index contributed by atoms with van der Waals surface area (Å²) in [5.74, 6) is -4.17. The lowest BCUT2D eigenvalue weighted by Gasteiger charge is -2.33. The standard InChI is InChI=1S/C17H19F3N2O2/c18-13-5-3-11(4-6-13)15(23)12-2-1-7-22(9-12)16(24)14-8-17(19,20)10-21-14/h3-6,12,14,21H,1-2,7-10H2. The number of piperidine rings is 1. The third-order valence-corrected chi connectivity index (χ3v) is 4.64. The molecular formula is C17H19F3N2O2. The van der Waals surface area contributed by atoms with Crippen LogP contribution in [0.4, 0.5) is 13.2 Å². The van der Waals surface area contributed by atoms with E-state index in [-0.39, 0.29) is 24.2 Å². The molecule has 1 amide bonds. The molecule has 2 atom stereocenters. The fraction of sp³-hybridized carbons (Fsp3) is 0.529. The largest absolute Gasteiger partial charge is 0.341 e. The molecule has 1 aromatic rings. The summed E-state index contributed by atoms with van der Waals surface area (Å²) in [6, 6.07) is 4.42. The molecule has 2 saturated heterocycles. The van der Waals surface area contributed by atoms with Gasteiger partial charge in [0.1, 0.15) is 5.82 Å². The highest BCUT2D eigenvalue weighted by molar-refractivity contribution is 5.98. The second-order valence-corrected chi connectivity index (χ2v) is 6.49. The maximum Gasteiger partial charge on any atom is 0.262 e. The predicted octanol–water partition coefficient (Wildman–Crippen LogP) is 2.24. The number of nitrogens with zero attached hydrogens (tertiary/aromatic N) is 1. The third-order valence-electron chi connectivity index (χ3n) is 4.64. The van der Waals surface area contributed by atoms with E-state index in [0.717, 1.165) is 0 Å². The summed E-state index contributed by atoms with van der Waals surface area (Å²) < 4.78 is 39.5. The van der Waals surface area contributed by atoms with Gasteiger partial charge < -0.3 is 4.90 Å². The zero-order valence-electron chi connectivity index (χ0n) is 13.1. The van der Waals surface area contributed by atoms with E-state index in [9.17, 15) is 22.8 Å². The minimum atomic E-state index is -2.86. The van der Waals surface area contributed by atoms with Gasteiger partial charge in [-0.05, 0) is 37.1 Å². The highest BCUT2D eigenvalue weighted by atomic mass is 19.3. The van der Waals surface area contributed by atoms with Crippen molar-refractivity contribution in [3.05, 3.63) is 35.6 Å². The molecule has 0 aliphatic carbocycles. The molecule has 4 nitrogen and oxygen atoms in total. The lowest BCUT2D eigenvalue weighted by molar-refractivity contribution is -0.135. The smallest absolute Gasteiger partial charge is 0.262 e. The number of rotatable bonds is 3. The second-order valence-electron chi connectivity index (χ2n) is 6.49. The van der Waals surface area contributed by atoms with E-state index >= 15 is 0 Å².